The average Bonchev–Trinajstić information content (AvgIpc) is 2.27. The number of hydrogen-bond acceptors (Lipinski definition) is 3. The van der Waals surface area contributed by atoms with Crippen LogP contribution < -0.4 is 0 Å². The Hall–Kier alpha value is -1.64. The quantitative estimate of drug-likeness (QED) is 0.858. The van der Waals surface area contributed by atoms with Crippen molar-refractivity contribution in [1.29, 1.82) is 0 Å². The molecule has 0 radical (unpaired) electrons. The van der Waals surface area contributed by atoms with E-state index >= 15 is 0 Å². The Kier molecular flexibility index (Phi) is 4.74. The third kappa shape index (κ3) is 3.69. The third-order valence-electron chi connectivity index (χ3n) is 3.59. The van der Waals surface area contributed by atoms with Crippen LogP contribution in [0.4, 0.5) is 0 Å². The van der Waals surface area contributed by atoms with Gasteiger partial charge >= 0.3 is 0 Å². The minimum Gasteiger partial charge on any atom is -0.507 e. The summed E-state index contributed by atoms with van der Waals surface area (Å²) in [4.78, 5) is 23.1. The van der Waals surface area contributed by atoms with Gasteiger partial charge in [0, 0.05) is 0 Å². The first-order valence-electron chi connectivity index (χ1n) is 6.88. The standard InChI is InChI=1S/C17H24O3/c1-10-7-13(8-14(11(2)18)12(3)19)9-15(16(10)20)17(4,5)6/h7,9,14,20H,8H2,1-6H3. The molecule has 0 spiro atoms. The molecular formula is C17H24O3. The molecule has 3 nitrogen and oxygen atoms in total. The van der Waals surface area contributed by atoms with Crippen molar-refractivity contribution < 1.29 is 14.7 Å². The molecule has 0 atom stereocenters. The Morgan fingerprint density at radius 3 is 2.05 bits per heavy atom. The maximum absolute atomic E-state index is 11.6. The first-order valence-corrected chi connectivity index (χ1v) is 6.88. The number of phenolic OH excluding ortho intramolecular Hbond substituents is 1. The van der Waals surface area contributed by atoms with E-state index in [0.717, 1.165) is 16.7 Å². The summed E-state index contributed by atoms with van der Waals surface area (Å²) < 4.78 is 0. The molecule has 0 fully saturated rings. The molecule has 1 N–H and O–H groups in total. The summed E-state index contributed by atoms with van der Waals surface area (Å²) in [6, 6.07) is 3.75. The van der Waals surface area contributed by atoms with E-state index in [9.17, 15) is 14.7 Å². The summed E-state index contributed by atoms with van der Waals surface area (Å²) in [5.41, 5.74) is 2.35. The van der Waals surface area contributed by atoms with Crippen molar-refractivity contribution in [3.05, 3.63) is 28.8 Å². The van der Waals surface area contributed by atoms with Gasteiger partial charge in [0.15, 0.2) is 0 Å². The largest absolute Gasteiger partial charge is 0.507 e. The number of benzene rings is 1. The predicted octanol–water partition coefficient (Wildman–Crippen LogP) is 3.33. The van der Waals surface area contributed by atoms with Crippen LogP contribution in [0.3, 0.4) is 0 Å². The smallest absolute Gasteiger partial charge is 0.140 e. The lowest BCUT2D eigenvalue weighted by Crippen LogP contribution is -2.22. The lowest BCUT2D eigenvalue weighted by molar-refractivity contribution is -0.130. The van der Waals surface area contributed by atoms with E-state index in [0.29, 0.717) is 12.2 Å². The van der Waals surface area contributed by atoms with Crippen molar-refractivity contribution in [2.45, 2.75) is 53.4 Å². The predicted molar refractivity (Wildman–Crippen MR) is 80.1 cm³/mol. The van der Waals surface area contributed by atoms with Gasteiger partial charge in [-0.05, 0) is 49.3 Å². The molecular weight excluding hydrogens is 252 g/mol. The van der Waals surface area contributed by atoms with Gasteiger partial charge in [0.2, 0.25) is 0 Å². The number of hydrogen-bond donors (Lipinski definition) is 1. The van der Waals surface area contributed by atoms with Crippen LogP contribution >= 0.6 is 0 Å². The molecule has 1 aromatic rings. The third-order valence-corrected chi connectivity index (χ3v) is 3.59. The molecule has 0 heterocycles. The maximum atomic E-state index is 11.6. The highest BCUT2D eigenvalue weighted by atomic mass is 16.3. The fraction of sp³-hybridized carbons (Fsp3) is 0.529. The average molecular weight is 276 g/mol. The van der Waals surface area contributed by atoms with Gasteiger partial charge in [0.25, 0.3) is 0 Å². The van der Waals surface area contributed by atoms with Gasteiger partial charge in [-0.25, -0.2) is 0 Å². The number of rotatable bonds is 4. The lowest BCUT2D eigenvalue weighted by atomic mass is 9.82. The monoisotopic (exact) mass is 276 g/mol. The molecule has 0 bridgehead atoms. The number of carbonyl (C=O) groups is 2. The Labute approximate surface area is 121 Å². The number of phenols is 1. The minimum atomic E-state index is -0.591. The normalized spacial score (nSPS) is 11.8. The first kappa shape index (κ1) is 16.4. The summed E-state index contributed by atoms with van der Waals surface area (Å²) in [5.74, 6) is -0.517. The van der Waals surface area contributed by atoms with Crippen LogP contribution in [0, 0.1) is 12.8 Å². The van der Waals surface area contributed by atoms with Crippen molar-refractivity contribution in [2.24, 2.45) is 5.92 Å². The number of Topliss-reactive ketones (excluding diaryl/α,β-unsaturated/α-hetero) is 2. The molecule has 0 aliphatic rings. The second-order valence-electron chi connectivity index (χ2n) is 6.54. The van der Waals surface area contributed by atoms with E-state index in [4.69, 9.17) is 0 Å². The van der Waals surface area contributed by atoms with Crippen LogP contribution in [0.15, 0.2) is 12.1 Å². The SMILES string of the molecule is CC(=O)C(Cc1cc(C)c(O)c(C(C)(C)C)c1)C(C)=O. The number of carbonyl (C=O) groups excluding carboxylic acids is 2. The van der Waals surface area contributed by atoms with E-state index in [1.807, 2.05) is 39.8 Å². The number of ketones is 2. The van der Waals surface area contributed by atoms with E-state index < -0.39 is 5.92 Å². The van der Waals surface area contributed by atoms with Crippen molar-refractivity contribution in [3.8, 4) is 5.75 Å². The number of aryl methyl sites for hydroxylation is 1. The van der Waals surface area contributed by atoms with Crippen molar-refractivity contribution in [2.75, 3.05) is 0 Å². The molecule has 0 saturated heterocycles. The Morgan fingerprint density at radius 1 is 1.15 bits per heavy atom. The topological polar surface area (TPSA) is 54.4 Å². The highest BCUT2D eigenvalue weighted by molar-refractivity contribution is 6.00. The number of aromatic hydroxyl groups is 1. The first-order chi connectivity index (χ1) is 9.04. The van der Waals surface area contributed by atoms with E-state index in [1.165, 1.54) is 13.8 Å². The molecule has 110 valence electrons. The van der Waals surface area contributed by atoms with E-state index in [2.05, 4.69) is 0 Å². The molecule has 0 aromatic heterocycles. The van der Waals surface area contributed by atoms with Crippen LogP contribution in [-0.2, 0) is 21.4 Å². The van der Waals surface area contributed by atoms with Crippen molar-refractivity contribution in [1.82, 2.24) is 0 Å². The Balaban J connectivity index is 3.24. The van der Waals surface area contributed by atoms with Crippen LogP contribution in [0.25, 0.3) is 0 Å². The Bertz CT molecular complexity index is 522. The second kappa shape index (κ2) is 5.78. The zero-order valence-electron chi connectivity index (χ0n) is 13.2. The van der Waals surface area contributed by atoms with Gasteiger partial charge in [-0.1, -0.05) is 32.9 Å². The van der Waals surface area contributed by atoms with Crippen LogP contribution in [-0.4, -0.2) is 16.7 Å². The summed E-state index contributed by atoms with van der Waals surface area (Å²) in [6.45, 7) is 10.8. The fourth-order valence-electron chi connectivity index (χ4n) is 2.35. The van der Waals surface area contributed by atoms with Crippen LogP contribution in [0.2, 0.25) is 0 Å². The molecule has 0 aliphatic heterocycles. The zero-order chi connectivity index (χ0) is 15.7. The maximum Gasteiger partial charge on any atom is 0.140 e. The highest BCUT2D eigenvalue weighted by Gasteiger charge is 2.24. The summed E-state index contributed by atoms with van der Waals surface area (Å²) >= 11 is 0. The lowest BCUT2D eigenvalue weighted by Gasteiger charge is -2.23. The molecule has 0 aliphatic carbocycles. The van der Waals surface area contributed by atoms with Gasteiger partial charge < -0.3 is 5.11 Å². The van der Waals surface area contributed by atoms with Gasteiger partial charge in [0.05, 0.1) is 5.92 Å². The second-order valence-corrected chi connectivity index (χ2v) is 6.54. The molecule has 3 heteroatoms. The van der Waals surface area contributed by atoms with Gasteiger partial charge in [0.1, 0.15) is 17.3 Å². The molecule has 0 unspecified atom stereocenters. The van der Waals surface area contributed by atoms with Crippen molar-refractivity contribution in [3.63, 3.8) is 0 Å². The highest BCUT2D eigenvalue weighted by Crippen LogP contribution is 2.34. The molecule has 0 amide bonds. The van der Waals surface area contributed by atoms with Gasteiger partial charge in [-0.15, -0.1) is 0 Å². The van der Waals surface area contributed by atoms with Gasteiger partial charge in [-0.3, -0.25) is 9.59 Å². The van der Waals surface area contributed by atoms with Crippen LogP contribution in [0.5, 0.6) is 5.75 Å². The van der Waals surface area contributed by atoms with E-state index in [-0.39, 0.29) is 17.0 Å². The summed E-state index contributed by atoms with van der Waals surface area (Å²) in [5, 5.41) is 10.2. The molecule has 0 saturated carbocycles. The fourth-order valence-corrected chi connectivity index (χ4v) is 2.35. The van der Waals surface area contributed by atoms with Crippen molar-refractivity contribution >= 4 is 11.6 Å². The molecule has 1 rings (SSSR count). The summed E-state index contributed by atoms with van der Waals surface area (Å²) in [6.07, 6.45) is 0.398. The molecule has 20 heavy (non-hydrogen) atoms. The summed E-state index contributed by atoms with van der Waals surface area (Å²) in [7, 11) is 0. The molecule has 1 aromatic carbocycles. The van der Waals surface area contributed by atoms with E-state index in [1.54, 1.807) is 0 Å². The van der Waals surface area contributed by atoms with Crippen LogP contribution in [0.1, 0.15) is 51.3 Å². The van der Waals surface area contributed by atoms with Gasteiger partial charge in [-0.2, -0.15) is 0 Å². The Morgan fingerprint density at radius 2 is 1.65 bits per heavy atom. The zero-order valence-corrected chi connectivity index (χ0v) is 13.2. The minimum absolute atomic E-state index is 0.111.